The quantitative estimate of drug-likeness (QED) is 0.241. The Morgan fingerprint density at radius 3 is 1.92 bits per heavy atom. The van der Waals surface area contributed by atoms with E-state index in [2.05, 4.69) is 119 Å². The largest absolute Gasteiger partial charge is 0.292 e. The van der Waals surface area contributed by atoms with E-state index in [0.717, 1.165) is 49.7 Å². The Labute approximate surface area is 226 Å². The van der Waals surface area contributed by atoms with E-state index in [1.807, 2.05) is 0 Å². The zero-order chi connectivity index (χ0) is 25.2. The van der Waals surface area contributed by atoms with Crippen molar-refractivity contribution < 1.29 is 0 Å². The summed E-state index contributed by atoms with van der Waals surface area (Å²) in [6.07, 6.45) is 9.14. The van der Waals surface area contributed by atoms with Gasteiger partial charge in [0.2, 0.25) is 0 Å². The fourth-order valence-electron chi connectivity index (χ4n) is 6.13. The Morgan fingerprint density at radius 2 is 1.42 bits per heavy atom. The molecule has 0 heterocycles. The highest BCUT2D eigenvalue weighted by Crippen LogP contribution is 2.45. The third-order valence-electron chi connectivity index (χ3n) is 8.18. The highest BCUT2D eigenvalue weighted by molar-refractivity contribution is 9.10. The minimum Gasteiger partial charge on any atom is -0.292 e. The maximum atomic E-state index is 10.8. The van der Waals surface area contributed by atoms with Crippen molar-refractivity contribution in [1.29, 1.82) is 5.26 Å². The number of hydrogen-bond donors (Lipinski definition) is 0. The molecule has 3 heteroatoms. The fourth-order valence-corrected chi connectivity index (χ4v) is 6.39. The van der Waals surface area contributed by atoms with Crippen LogP contribution >= 0.6 is 15.9 Å². The molecule has 2 unspecified atom stereocenters. The normalized spacial score (nSPS) is 16.8. The SMILES string of the molecule is CCC(CCC(C#N)(c1ccc(Br)cc1)C1CCCCC1)N(Cc1ccccc1)Cc1ccccc1. The van der Waals surface area contributed by atoms with Crippen LogP contribution in [0.1, 0.15) is 75.0 Å². The molecule has 1 saturated carbocycles. The van der Waals surface area contributed by atoms with Gasteiger partial charge in [-0.15, -0.1) is 0 Å². The molecule has 0 bridgehead atoms. The average Bonchev–Trinajstić information content (AvgIpc) is 2.93. The van der Waals surface area contributed by atoms with Gasteiger partial charge in [0.05, 0.1) is 11.5 Å². The van der Waals surface area contributed by atoms with E-state index in [4.69, 9.17) is 0 Å². The number of halogens is 1. The molecule has 0 aliphatic heterocycles. The molecule has 0 amide bonds. The molecule has 0 radical (unpaired) electrons. The lowest BCUT2D eigenvalue weighted by Gasteiger charge is -2.40. The van der Waals surface area contributed by atoms with Gasteiger partial charge in [-0.25, -0.2) is 0 Å². The molecule has 2 nitrogen and oxygen atoms in total. The van der Waals surface area contributed by atoms with Gasteiger partial charge in [0.15, 0.2) is 0 Å². The van der Waals surface area contributed by atoms with E-state index in [1.54, 1.807) is 0 Å². The molecule has 0 spiro atoms. The summed E-state index contributed by atoms with van der Waals surface area (Å²) in [5.41, 5.74) is 3.48. The third-order valence-corrected chi connectivity index (χ3v) is 8.71. The van der Waals surface area contributed by atoms with Gasteiger partial charge >= 0.3 is 0 Å². The van der Waals surface area contributed by atoms with Crippen molar-refractivity contribution in [2.45, 2.75) is 82.8 Å². The number of nitrogens with zero attached hydrogens (tertiary/aromatic N) is 2. The zero-order valence-electron chi connectivity index (χ0n) is 21.6. The second-order valence-corrected chi connectivity index (χ2v) is 11.3. The minimum atomic E-state index is -0.417. The minimum absolute atomic E-state index is 0.414. The van der Waals surface area contributed by atoms with Crippen LogP contribution in [0, 0.1) is 17.2 Å². The lowest BCUT2D eigenvalue weighted by molar-refractivity contribution is 0.144. The lowest BCUT2D eigenvalue weighted by atomic mass is 9.63. The standard InChI is InChI=1S/C33H39BrN2/c1-2-32(36(24-27-12-6-3-7-13-27)25-28-14-8-4-9-15-28)22-23-33(26-35,29-16-10-5-11-17-29)30-18-20-31(34)21-19-30/h3-4,6-9,12-15,18-21,29,32H,2,5,10-11,16-17,22-25H2,1H3. The van der Waals surface area contributed by atoms with Gasteiger partial charge in [-0.3, -0.25) is 4.90 Å². The van der Waals surface area contributed by atoms with E-state index in [9.17, 15) is 5.26 Å². The van der Waals surface area contributed by atoms with Crippen LogP contribution < -0.4 is 0 Å². The summed E-state index contributed by atoms with van der Waals surface area (Å²) in [5, 5.41) is 10.8. The Bertz CT molecular complexity index is 1040. The molecular formula is C33H39BrN2. The molecular weight excluding hydrogens is 504 g/mol. The van der Waals surface area contributed by atoms with Crippen LogP contribution in [0.4, 0.5) is 0 Å². The molecule has 0 aromatic heterocycles. The van der Waals surface area contributed by atoms with Crippen LogP contribution in [0.5, 0.6) is 0 Å². The van der Waals surface area contributed by atoms with Crippen LogP contribution in [0.2, 0.25) is 0 Å². The molecule has 2 atom stereocenters. The van der Waals surface area contributed by atoms with E-state index in [-0.39, 0.29) is 0 Å². The molecule has 0 saturated heterocycles. The van der Waals surface area contributed by atoms with Gasteiger partial charge in [-0.05, 0) is 66.8 Å². The summed E-state index contributed by atoms with van der Waals surface area (Å²) in [7, 11) is 0. The molecule has 1 aliphatic carbocycles. The summed E-state index contributed by atoms with van der Waals surface area (Å²) >= 11 is 3.60. The van der Waals surface area contributed by atoms with Crippen LogP contribution in [-0.4, -0.2) is 10.9 Å². The van der Waals surface area contributed by atoms with Crippen LogP contribution in [0.3, 0.4) is 0 Å². The molecule has 1 aliphatic rings. The van der Waals surface area contributed by atoms with Crippen LogP contribution in [0.25, 0.3) is 0 Å². The van der Waals surface area contributed by atoms with Crippen molar-refractivity contribution in [3.8, 4) is 6.07 Å². The number of hydrogen-bond acceptors (Lipinski definition) is 2. The number of nitriles is 1. The summed E-state index contributed by atoms with van der Waals surface area (Å²) in [5.74, 6) is 0.437. The maximum absolute atomic E-state index is 10.8. The Morgan fingerprint density at radius 1 is 0.861 bits per heavy atom. The molecule has 3 aromatic carbocycles. The van der Waals surface area contributed by atoms with Gasteiger partial charge in [0.1, 0.15) is 0 Å². The van der Waals surface area contributed by atoms with E-state index in [1.165, 1.54) is 36.0 Å². The first-order valence-electron chi connectivity index (χ1n) is 13.6. The number of benzene rings is 3. The highest BCUT2D eigenvalue weighted by atomic mass is 79.9. The van der Waals surface area contributed by atoms with Crippen molar-refractivity contribution in [3.05, 3.63) is 106 Å². The second-order valence-electron chi connectivity index (χ2n) is 10.4. The average molecular weight is 544 g/mol. The van der Waals surface area contributed by atoms with E-state index in [0.29, 0.717) is 12.0 Å². The third kappa shape index (κ3) is 6.67. The molecule has 36 heavy (non-hydrogen) atoms. The first-order valence-corrected chi connectivity index (χ1v) is 14.4. The van der Waals surface area contributed by atoms with Crippen LogP contribution in [0.15, 0.2) is 89.4 Å². The number of rotatable bonds is 11. The molecule has 3 aromatic rings. The van der Waals surface area contributed by atoms with Crippen molar-refractivity contribution in [2.75, 3.05) is 0 Å². The first-order chi connectivity index (χ1) is 17.6. The van der Waals surface area contributed by atoms with Crippen molar-refractivity contribution in [2.24, 2.45) is 5.92 Å². The summed E-state index contributed by atoms with van der Waals surface area (Å²) in [6, 6.07) is 33.5. The Balaban J connectivity index is 1.60. The molecule has 188 valence electrons. The maximum Gasteiger partial charge on any atom is 0.0851 e. The summed E-state index contributed by atoms with van der Waals surface area (Å²) in [6.45, 7) is 4.16. The van der Waals surface area contributed by atoms with Crippen LogP contribution in [-0.2, 0) is 18.5 Å². The smallest absolute Gasteiger partial charge is 0.0851 e. The fraction of sp³-hybridized carbons (Fsp3) is 0.424. The van der Waals surface area contributed by atoms with Gasteiger partial charge in [0.25, 0.3) is 0 Å². The van der Waals surface area contributed by atoms with E-state index >= 15 is 0 Å². The molecule has 1 fully saturated rings. The van der Waals surface area contributed by atoms with Crippen molar-refractivity contribution in [3.63, 3.8) is 0 Å². The van der Waals surface area contributed by atoms with Gasteiger partial charge in [-0.2, -0.15) is 5.26 Å². The first kappa shape index (κ1) is 26.6. The topological polar surface area (TPSA) is 27.0 Å². The molecule has 4 rings (SSSR count). The monoisotopic (exact) mass is 542 g/mol. The summed E-state index contributed by atoms with van der Waals surface area (Å²) < 4.78 is 1.07. The van der Waals surface area contributed by atoms with Crippen molar-refractivity contribution >= 4 is 15.9 Å². The predicted molar refractivity (Wildman–Crippen MR) is 153 cm³/mol. The van der Waals surface area contributed by atoms with Gasteiger partial charge in [0, 0.05) is 23.6 Å². The van der Waals surface area contributed by atoms with Crippen molar-refractivity contribution in [1.82, 2.24) is 4.90 Å². The molecule has 0 N–H and O–H groups in total. The van der Waals surface area contributed by atoms with Gasteiger partial charge in [-0.1, -0.05) is 115 Å². The lowest BCUT2D eigenvalue weighted by Crippen LogP contribution is -2.39. The summed E-state index contributed by atoms with van der Waals surface area (Å²) in [4.78, 5) is 2.63. The Kier molecular flexibility index (Phi) is 9.79. The second kappa shape index (κ2) is 13.2. The van der Waals surface area contributed by atoms with E-state index < -0.39 is 5.41 Å². The predicted octanol–water partition coefficient (Wildman–Crippen LogP) is 9.05. The Hall–Kier alpha value is -2.41. The van der Waals surface area contributed by atoms with Gasteiger partial charge < -0.3 is 0 Å². The highest BCUT2D eigenvalue weighted by Gasteiger charge is 2.41. The zero-order valence-corrected chi connectivity index (χ0v) is 23.2.